The number of halogens is 1. The zero-order valence-corrected chi connectivity index (χ0v) is 15.3. The second kappa shape index (κ2) is 6.27. The fourth-order valence-electron chi connectivity index (χ4n) is 2.21. The molecule has 0 saturated carbocycles. The van der Waals surface area contributed by atoms with Crippen LogP contribution in [0.3, 0.4) is 0 Å². The van der Waals surface area contributed by atoms with Crippen molar-refractivity contribution >= 4 is 60.2 Å². The molecule has 122 valence electrons. The van der Waals surface area contributed by atoms with Crippen molar-refractivity contribution in [2.45, 2.75) is 24.1 Å². The van der Waals surface area contributed by atoms with Crippen LogP contribution in [0.1, 0.15) is 13.3 Å². The van der Waals surface area contributed by atoms with E-state index in [0.29, 0.717) is 16.6 Å². The number of sulfonamides is 1. The van der Waals surface area contributed by atoms with E-state index in [4.69, 9.17) is 11.6 Å². The minimum absolute atomic E-state index is 0.0353. The van der Waals surface area contributed by atoms with E-state index in [9.17, 15) is 13.2 Å². The summed E-state index contributed by atoms with van der Waals surface area (Å²) in [6.45, 7) is 2.65. The Bertz CT molecular complexity index is 1020. The maximum Gasteiger partial charge on any atom is 0.308 e. The van der Waals surface area contributed by atoms with Gasteiger partial charge in [0.2, 0.25) is 0 Å². The first-order valence-corrected chi connectivity index (χ1v) is 10.3. The number of nitrogens with one attached hydrogen (secondary N) is 1. The van der Waals surface area contributed by atoms with Gasteiger partial charge in [-0.05, 0) is 36.8 Å². The van der Waals surface area contributed by atoms with E-state index in [1.807, 2.05) is 6.92 Å². The third-order valence-corrected chi connectivity index (χ3v) is 7.23. The van der Waals surface area contributed by atoms with Gasteiger partial charge in [-0.3, -0.25) is 14.1 Å². The predicted molar refractivity (Wildman–Crippen MR) is 96.5 cm³/mol. The Balaban J connectivity index is 1.97. The van der Waals surface area contributed by atoms with Crippen LogP contribution in [0.4, 0.5) is 5.69 Å². The third kappa shape index (κ3) is 3.30. The van der Waals surface area contributed by atoms with Gasteiger partial charge in [-0.2, -0.15) is 0 Å². The van der Waals surface area contributed by atoms with Crippen LogP contribution >= 0.6 is 34.3 Å². The van der Waals surface area contributed by atoms with E-state index in [0.717, 1.165) is 39.3 Å². The molecule has 0 unspecified atom stereocenters. The van der Waals surface area contributed by atoms with E-state index < -0.39 is 10.0 Å². The molecule has 0 aliphatic rings. The first-order chi connectivity index (χ1) is 10.9. The fraction of sp³-hybridized carbons (Fsp3) is 0.214. The molecule has 1 aromatic carbocycles. The van der Waals surface area contributed by atoms with Gasteiger partial charge in [-0.25, -0.2) is 8.42 Å². The molecule has 1 N–H and O–H groups in total. The number of nitrogens with zero attached hydrogens (tertiary/aromatic N) is 1. The van der Waals surface area contributed by atoms with E-state index in [1.54, 1.807) is 28.8 Å². The number of thiophene rings is 1. The monoisotopic (exact) mass is 388 g/mol. The van der Waals surface area contributed by atoms with Gasteiger partial charge in [0.1, 0.15) is 4.21 Å². The summed E-state index contributed by atoms with van der Waals surface area (Å²) in [4.78, 5) is 11.9. The zero-order valence-electron chi connectivity index (χ0n) is 12.1. The summed E-state index contributed by atoms with van der Waals surface area (Å²) >= 11 is 7.89. The van der Waals surface area contributed by atoms with E-state index >= 15 is 0 Å². The van der Waals surface area contributed by atoms with Crippen molar-refractivity contribution in [3.05, 3.63) is 44.3 Å². The minimum atomic E-state index is -3.67. The summed E-state index contributed by atoms with van der Waals surface area (Å²) in [6.07, 6.45) is 0.860. The van der Waals surface area contributed by atoms with E-state index in [1.165, 1.54) is 6.07 Å². The Morgan fingerprint density at radius 3 is 2.65 bits per heavy atom. The molecule has 5 nitrogen and oxygen atoms in total. The molecule has 0 spiro atoms. The molecular formula is C14H13ClN2O3S3. The number of benzene rings is 1. The van der Waals surface area contributed by atoms with Gasteiger partial charge in [0, 0.05) is 6.54 Å². The third-order valence-electron chi connectivity index (χ3n) is 3.18. The highest BCUT2D eigenvalue weighted by Gasteiger charge is 2.17. The number of rotatable bonds is 5. The maximum absolute atomic E-state index is 12.3. The summed E-state index contributed by atoms with van der Waals surface area (Å²) in [5, 5.41) is 0. The van der Waals surface area contributed by atoms with Crippen LogP contribution in [0, 0.1) is 0 Å². The number of fused-ring (bicyclic) bond motifs is 1. The normalized spacial score (nSPS) is 11.9. The maximum atomic E-state index is 12.3. The molecule has 0 fully saturated rings. The second-order valence-corrected chi connectivity index (χ2v) is 9.48. The topological polar surface area (TPSA) is 68.2 Å². The number of hydrogen-bond acceptors (Lipinski definition) is 5. The van der Waals surface area contributed by atoms with Crippen molar-refractivity contribution in [3.8, 4) is 0 Å². The number of thiazole rings is 1. The Labute approximate surface area is 146 Å². The van der Waals surface area contributed by atoms with Crippen LogP contribution in [0.5, 0.6) is 0 Å². The molecule has 3 aromatic rings. The van der Waals surface area contributed by atoms with Gasteiger partial charge in [0.25, 0.3) is 10.0 Å². The van der Waals surface area contributed by atoms with Gasteiger partial charge < -0.3 is 0 Å². The summed E-state index contributed by atoms with van der Waals surface area (Å²) in [5.74, 6) is 0. The molecule has 0 atom stereocenters. The molecule has 0 aliphatic heterocycles. The smallest absolute Gasteiger partial charge is 0.299 e. The minimum Gasteiger partial charge on any atom is -0.299 e. The van der Waals surface area contributed by atoms with Crippen LogP contribution in [-0.2, 0) is 16.6 Å². The Morgan fingerprint density at radius 1 is 1.22 bits per heavy atom. The molecule has 0 saturated heterocycles. The van der Waals surface area contributed by atoms with Gasteiger partial charge in [-0.15, -0.1) is 11.3 Å². The van der Waals surface area contributed by atoms with E-state index in [-0.39, 0.29) is 9.08 Å². The molecule has 0 amide bonds. The lowest BCUT2D eigenvalue weighted by Crippen LogP contribution is -2.12. The average molecular weight is 389 g/mol. The Hall–Kier alpha value is -1.35. The fourth-order valence-corrected chi connectivity index (χ4v) is 5.70. The van der Waals surface area contributed by atoms with Crippen molar-refractivity contribution in [1.82, 2.24) is 4.57 Å². The summed E-state index contributed by atoms with van der Waals surface area (Å²) in [5.41, 5.74) is 1.25. The standard InChI is InChI=1S/C14H13ClN2O3S3/c1-2-7-17-10-4-3-9(8-11(10)21-14(17)18)16-23(19,20)13-6-5-12(15)22-13/h3-6,8,16H,2,7H2,1H3. The lowest BCUT2D eigenvalue weighted by atomic mass is 10.3. The molecule has 0 bridgehead atoms. The van der Waals surface area contributed by atoms with Gasteiger partial charge >= 0.3 is 4.87 Å². The highest BCUT2D eigenvalue weighted by Crippen LogP contribution is 2.28. The van der Waals surface area contributed by atoms with Crippen molar-refractivity contribution in [3.63, 3.8) is 0 Å². The van der Waals surface area contributed by atoms with Crippen LogP contribution in [0.15, 0.2) is 39.3 Å². The van der Waals surface area contributed by atoms with Crippen molar-refractivity contribution in [1.29, 1.82) is 0 Å². The lowest BCUT2D eigenvalue weighted by Gasteiger charge is -2.07. The zero-order chi connectivity index (χ0) is 16.6. The van der Waals surface area contributed by atoms with E-state index in [2.05, 4.69) is 4.72 Å². The van der Waals surface area contributed by atoms with Gasteiger partial charge in [-0.1, -0.05) is 29.9 Å². The molecule has 0 radical (unpaired) electrons. The first-order valence-electron chi connectivity index (χ1n) is 6.82. The highest BCUT2D eigenvalue weighted by atomic mass is 35.5. The van der Waals surface area contributed by atoms with Crippen LogP contribution in [0.25, 0.3) is 10.2 Å². The number of hydrogen-bond donors (Lipinski definition) is 1. The quantitative estimate of drug-likeness (QED) is 0.718. The highest BCUT2D eigenvalue weighted by molar-refractivity contribution is 7.94. The van der Waals surface area contributed by atoms with Crippen molar-refractivity contribution in [2.75, 3.05) is 4.72 Å². The van der Waals surface area contributed by atoms with Crippen LogP contribution in [0.2, 0.25) is 4.34 Å². The average Bonchev–Trinajstić information content (AvgIpc) is 3.04. The molecule has 23 heavy (non-hydrogen) atoms. The molecule has 3 rings (SSSR count). The molecular weight excluding hydrogens is 376 g/mol. The summed E-state index contributed by atoms with van der Waals surface area (Å²) in [7, 11) is -3.67. The second-order valence-electron chi connectivity index (χ2n) is 4.87. The number of aromatic nitrogens is 1. The lowest BCUT2D eigenvalue weighted by molar-refractivity contribution is 0.603. The Morgan fingerprint density at radius 2 is 2.00 bits per heavy atom. The molecule has 9 heteroatoms. The number of aryl methyl sites for hydroxylation is 1. The largest absolute Gasteiger partial charge is 0.308 e. The Kier molecular flexibility index (Phi) is 4.50. The van der Waals surface area contributed by atoms with Crippen molar-refractivity contribution in [2.24, 2.45) is 0 Å². The number of anilines is 1. The van der Waals surface area contributed by atoms with Crippen LogP contribution < -0.4 is 9.60 Å². The molecule has 0 aliphatic carbocycles. The van der Waals surface area contributed by atoms with Gasteiger partial charge in [0.15, 0.2) is 0 Å². The molecule has 2 heterocycles. The SMILES string of the molecule is CCCn1c(=O)sc2cc(NS(=O)(=O)c3ccc(Cl)s3)ccc21. The predicted octanol–water partition coefficient (Wildman–Crippen LogP) is 3.99. The molecule has 2 aromatic heterocycles. The van der Waals surface area contributed by atoms with Crippen molar-refractivity contribution < 1.29 is 8.42 Å². The first kappa shape index (κ1) is 16.5. The summed E-state index contributed by atoms with van der Waals surface area (Å²) < 4.78 is 30.2. The summed E-state index contributed by atoms with van der Waals surface area (Å²) in [6, 6.07) is 8.11. The van der Waals surface area contributed by atoms with Crippen LogP contribution in [-0.4, -0.2) is 13.0 Å². The van der Waals surface area contributed by atoms with Gasteiger partial charge in [0.05, 0.1) is 20.2 Å².